The van der Waals surface area contributed by atoms with Gasteiger partial charge in [-0.1, -0.05) is 23.7 Å². The van der Waals surface area contributed by atoms with Crippen molar-refractivity contribution in [1.29, 1.82) is 0 Å². The van der Waals surface area contributed by atoms with Crippen molar-refractivity contribution in [3.63, 3.8) is 0 Å². The highest BCUT2D eigenvalue weighted by molar-refractivity contribution is 6.32. The summed E-state index contributed by atoms with van der Waals surface area (Å²) in [6.45, 7) is 5.11. The summed E-state index contributed by atoms with van der Waals surface area (Å²) in [4.78, 5) is 12.2. The Labute approximate surface area is 128 Å². The molecule has 2 heterocycles. The molecule has 0 aliphatic rings. The second kappa shape index (κ2) is 6.82. The molecule has 0 unspecified atom stereocenters. The molecule has 0 saturated heterocycles. The lowest BCUT2D eigenvalue weighted by Gasteiger charge is -2.04. The van der Waals surface area contributed by atoms with Crippen LogP contribution in [-0.2, 0) is 37.3 Å². The Hall–Kier alpha value is -1.73. The van der Waals surface area contributed by atoms with Gasteiger partial charge in [0.25, 0.3) is 0 Å². The van der Waals surface area contributed by atoms with Crippen LogP contribution in [0.15, 0.2) is 6.20 Å². The maximum atomic E-state index is 12.2. The van der Waals surface area contributed by atoms with E-state index in [1.54, 1.807) is 10.9 Å². The Morgan fingerprint density at radius 3 is 2.76 bits per heavy atom. The molecule has 2 aromatic rings. The van der Waals surface area contributed by atoms with Gasteiger partial charge in [-0.25, -0.2) is 4.68 Å². The first-order chi connectivity index (χ1) is 10.1. The maximum absolute atomic E-state index is 12.2. The number of carbonyl (C=O) groups excluding carboxylic acids is 1. The quantitative estimate of drug-likeness (QED) is 0.823. The first-order valence-corrected chi connectivity index (χ1v) is 7.31. The van der Waals surface area contributed by atoms with Crippen molar-refractivity contribution < 1.29 is 4.79 Å². The van der Waals surface area contributed by atoms with Crippen molar-refractivity contribution in [3.05, 3.63) is 28.3 Å². The van der Waals surface area contributed by atoms with Crippen molar-refractivity contribution in [2.45, 2.75) is 46.3 Å². The van der Waals surface area contributed by atoms with E-state index in [2.05, 4.69) is 15.4 Å². The third-order valence-corrected chi connectivity index (χ3v) is 3.63. The number of nitrogens with two attached hydrogens (primary N) is 1. The summed E-state index contributed by atoms with van der Waals surface area (Å²) in [5.41, 5.74) is 7.71. The molecule has 8 heteroatoms. The number of carbonyl (C=O) groups is 1. The molecular weight excluding hydrogens is 292 g/mol. The first-order valence-electron chi connectivity index (χ1n) is 6.93. The molecule has 2 aromatic heterocycles. The van der Waals surface area contributed by atoms with Crippen molar-refractivity contribution in [1.82, 2.24) is 24.8 Å². The highest BCUT2D eigenvalue weighted by atomic mass is 35.5. The Bertz CT molecular complexity index is 633. The van der Waals surface area contributed by atoms with Gasteiger partial charge in [-0.2, -0.15) is 5.10 Å². The molecule has 2 N–H and O–H groups in total. The smallest absolute Gasteiger partial charge is 0.160 e. The first kappa shape index (κ1) is 15.7. The Morgan fingerprint density at radius 2 is 2.19 bits per heavy atom. The zero-order valence-corrected chi connectivity index (χ0v) is 13.0. The number of rotatable bonds is 7. The highest BCUT2D eigenvalue weighted by Gasteiger charge is 2.17. The number of aryl methyl sites for hydroxylation is 2. The molecule has 0 radical (unpaired) electrons. The molecule has 0 spiro atoms. The third kappa shape index (κ3) is 3.48. The van der Waals surface area contributed by atoms with E-state index in [0.29, 0.717) is 23.8 Å². The van der Waals surface area contributed by atoms with Gasteiger partial charge in [-0.15, -0.1) is 5.10 Å². The summed E-state index contributed by atoms with van der Waals surface area (Å²) in [7, 11) is 0. The molecule has 0 fully saturated rings. The van der Waals surface area contributed by atoms with Crippen LogP contribution in [0.3, 0.4) is 0 Å². The summed E-state index contributed by atoms with van der Waals surface area (Å²) in [5.74, 6) is 0.00243. The zero-order chi connectivity index (χ0) is 15.4. The highest BCUT2D eigenvalue weighted by Crippen LogP contribution is 2.22. The summed E-state index contributed by atoms with van der Waals surface area (Å²) in [6.07, 6.45) is 2.65. The number of Topliss-reactive ketones (excluding diaryl/α,β-unsaturated/α-hetero) is 1. The lowest BCUT2D eigenvalue weighted by molar-refractivity contribution is -0.119. The minimum atomic E-state index is 0.00243. The van der Waals surface area contributed by atoms with Gasteiger partial charge in [0, 0.05) is 13.1 Å². The van der Waals surface area contributed by atoms with Gasteiger partial charge in [0.15, 0.2) is 5.78 Å². The van der Waals surface area contributed by atoms with Gasteiger partial charge >= 0.3 is 0 Å². The number of halogens is 1. The number of ketones is 1. The second-order valence-corrected chi connectivity index (χ2v) is 5.08. The normalized spacial score (nSPS) is 11.0. The van der Waals surface area contributed by atoms with Crippen LogP contribution in [0.1, 0.15) is 30.9 Å². The summed E-state index contributed by atoms with van der Waals surface area (Å²) < 4.78 is 3.28. The van der Waals surface area contributed by atoms with Crippen LogP contribution in [0.25, 0.3) is 0 Å². The van der Waals surface area contributed by atoms with Gasteiger partial charge in [-0.05, 0) is 13.3 Å². The number of hydrogen-bond donors (Lipinski definition) is 1. The third-order valence-electron chi connectivity index (χ3n) is 3.19. The molecular formula is C13H19ClN6O. The molecule has 2 rings (SSSR count). The minimum Gasteiger partial charge on any atom is -0.325 e. The van der Waals surface area contributed by atoms with Crippen LogP contribution in [-0.4, -0.2) is 30.6 Å². The van der Waals surface area contributed by atoms with Crippen LogP contribution >= 0.6 is 11.6 Å². The van der Waals surface area contributed by atoms with Crippen molar-refractivity contribution in [3.8, 4) is 0 Å². The second-order valence-electron chi connectivity index (χ2n) is 4.70. The van der Waals surface area contributed by atoms with Crippen LogP contribution < -0.4 is 5.73 Å². The van der Waals surface area contributed by atoms with Gasteiger partial charge in [0.05, 0.1) is 34.7 Å². The maximum Gasteiger partial charge on any atom is 0.160 e. The predicted octanol–water partition coefficient (Wildman–Crippen LogP) is 0.981. The number of hydrogen-bond acceptors (Lipinski definition) is 5. The van der Waals surface area contributed by atoms with E-state index >= 15 is 0 Å². The fourth-order valence-corrected chi connectivity index (χ4v) is 2.45. The largest absolute Gasteiger partial charge is 0.325 e. The van der Waals surface area contributed by atoms with E-state index in [0.717, 1.165) is 17.8 Å². The molecule has 0 saturated carbocycles. The summed E-state index contributed by atoms with van der Waals surface area (Å²) >= 11 is 6.30. The van der Waals surface area contributed by atoms with Crippen molar-refractivity contribution >= 4 is 17.4 Å². The minimum absolute atomic E-state index is 0.00243. The molecule has 114 valence electrons. The van der Waals surface area contributed by atoms with E-state index in [4.69, 9.17) is 17.3 Å². The predicted molar refractivity (Wildman–Crippen MR) is 78.9 cm³/mol. The fourth-order valence-electron chi connectivity index (χ4n) is 2.12. The Morgan fingerprint density at radius 1 is 1.43 bits per heavy atom. The molecule has 0 aliphatic heterocycles. The van der Waals surface area contributed by atoms with E-state index < -0.39 is 0 Å². The van der Waals surface area contributed by atoms with Crippen LogP contribution in [0.2, 0.25) is 5.02 Å². The summed E-state index contributed by atoms with van der Waals surface area (Å²) in [6, 6.07) is 0. The number of aromatic nitrogens is 5. The van der Waals surface area contributed by atoms with Gasteiger partial charge < -0.3 is 5.73 Å². The van der Waals surface area contributed by atoms with E-state index in [9.17, 15) is 4.79 Å². The van der Waals surface area contributed by atoms with Gasteiger partial charge in [-0.3, -0.25) is 9.48 Å². The average molecular weight is 311 g/mol. The molecule has 0 amide bonds. The number of nitrogens with zero attached hydrogens (tertiary/aromatic N) is 5. The van der Waals surface area contributed by atoms with E-state index in [1.165, 1.54) is 4.68 Å². The zero-order valence-electron chi connectivity index (χ0n) is 12.2. The van der Waals surface area contributed by atoms with Crippen LogP contribution in [0.4, 0.5) is 0 Å². The molecule has 0 aromatic carbocycles. The molecule has 0 aliphatic carbocycles. The standard InChI is InChI=1S/C13H19ClN6O/c1-3-11-13(14)12(20(4-2)17-11)5-10(21)8-19-7-9(6-15)16-18-19/h7H,3-6,8,15H2,1-2H3. The van der Waals surface area contributed by atoms with E-state index in [-0.39, 0.29) is 18.7 Å². The monoisotopic (exact) mass is 310 g/mol. The fraction of sp³-hybridized carbons (Fsp3) is 0.538. The molecule has 0 bridgehead atoms. The summed E-state index contributed by atoms with van der Waals surface area (Å²) in [5, 5.41) is 12.7. The molecule has 21 heavy (non-hydrogen) atoms. The van der Waals surface area contributed by atoms with E-state index in [1.807, 2.05) is 13.8 Å². The lowest BCUT2D eigenvalue weighted by atomic mass is 10.2. The lowest BCUT2D eigenvalue weighted by Crippen LogP contribution is -2.16. The average Bonchev–Trinajstić information content (AvgIpc) is 3.04. The van der Waals surface area contributed by atoms with Crippen LogP contribution in [0.5, 0.6) is 0 Å². The Balaban J connectivity index is 2.10. The Kier molecular flexibility index (Phi) is 5.08. The molecule has 0 atom stereocenters. The molecule has 7 nitrogen and oxygen atoms in total. The van der Waals surface area contributed by atoms with Gasteiger partial charge in [0.1, 0.15) is 6.54 Å². The van der Waals surface area contributed by atoms with Crippen LogP contribution in [0, 0.1) is 0 Å². The topological polar surface area (TPSA) is 91.6 Å². The van der Waals surface area contributed by atoms with Gasteiger partial charge in [0.2, 0.25) is 0 Å². The van der Waals surface area contributed by atoms with Crippen molar-refractivity contribution in [2.75, 3.05) is 0 Å². The SMILES string of the molecule is CCc1nn(CC)c(CC(=O)Cn2cc(CN)nn2)c1Cl. The van der Waals surface area contributed by atoms with Crippen molar-refractivity contribution in [2.24, 2.45) is 5.73 Å².